The first-order valence-corrected chi connectivity index (χ1v) is 3.55. The van der Waals surface area contributed by atoms with Crippen LogP contribution in [0, 0.1) is 26.2 Å². The summed E-state index contributed by atoms with van der Waals surface area (Å²) >= 11 is 0. The highest BCUT2D eigenvalue weighted by atomic mass is 16.4. The molecule has 0 aliphatic heterocycles. The smallest absolute Gasteiger partial charge is 0.209 e. The second-order valence-corrected chi connectivity index (χ2v) is 2.58. The van der Waals surface area contributed by atoms with E-state index in [1.54, 1.807) is 0 Å². The Labute approximate surface area is 66.6 Å². The van der Waals surface area contributed by atoms with Crippen molar-refractivity contribution in [2.24, 2.45) is 0 Å². The van der Waals surface area contributed by atoms with E-state index in [2.05, 4.69) is 10.9 Å². The predicted octanol–water partition coefficient (Wildman–Crippen LogP) is 2.03. The van der Waals surface area contributed by atoms with Gasteiger partial charge in [-0.3, -0.25) is 0 Å². The number of terminal acetylenes is 1. The first-order valence-electron chi connectivity index (χ1n) is 3.55. The average molecular weight is 149 g/mol. The van der Waals surface area contributed by atoms with Gasteiger partial charge in [0, 0.05) is 0 Å². The summed E-state index contributed by atoms with van der Waals surface area (Å²) in [6.45, 7) is 5.69. The highest BCUT2D eigenvalue weighted by Gasteiger charge is 2.10. The van der Waals surface area contributed by atoms with Crippen LogP contribution in [0.2, 0.25) is 0 Å². The predicted molar refractivity (Wildman–Crippen MR) is 43.2 cm³/mol. The molecule has 1 atom stereocenters. The molecule has 1 aromatic heterocycles. The Kier molecular flexibility index (Phi) is 2.00. The van der Waals surface area contributed by atoms with Crippen LogP contribution < -0.4 is 0 Å². The van der Waals surface area contributed by atoms with Crippen molar-refractivity contribution < 1.29 is 4.42 Å². The van der Waals surface area contributed by atoms with Crippen LogP contribution in [0.5, 0.6) is 0 Å². The number of aromatic nitrogens is 1. The first-order chi connectivity index (χ1) is 5.15. The van der Waals surface area contributed by atoms with Gasteiger partial charge in [-0.1, -0.05) is 5.92 Å². The van der Waals surface area contributed by atoms with E-state index in [4.69, 9.17) is 10.8 Å². The van der Waals surface area contributed by atoms with Crippen molar-refractivity contribution in [2.45, 2.75) is 26.7 Å². The van der Waals surface area contributed by atoms with Crippen LogP contribution >= 0.6 is 0 Å². The van der Waals surface area contributed by atoms with E-state index < -0.39 is 0 Å². The third-order valence-corrected chi connectivity index (χ3v) is 1.67. The molecule has 0 saturated heterocycles. The number of aryl methyl sites for hydroxylation is 2. The van der Waals surface area contributed by atoms with Crippen molar-refractivity contribution >= 4 is 0 Å². The van der Waals surface area contributed by atoms with Crippen LogP contribution in [-0.4, -0.2) is 4.98 Å². The van der Waals surface area contributed by atoms with Crippen molar-refractivity contribution in [3.63, 3.8) is 0 Å². The summed E-state index contributed by atoms with van der Waals surface area (Å²) < 4.78 is 5.31. The second kappa shape index (κ2) is 2.79. The molecular weight excluding hydrogens is 138 g/mol. The maximum absolute atomic E-state index is 5.31. The molecule has 0 fully saturated rings. The van der Waals surface area contributed by atoms with Crippen LogP contribution in [0.4, 0.5) is 0 Å². The monoisotopic (exact) mass is 149 g/mol. The minimum absolute atomic E-state index is 0.0256. The molecular formula is C9H11NO. The van der Waals surface area contributed by atoms with Crippen LogP contribution in [0.15, 0.2) is 4.42 Å². The molecule has 0 saturated carbocycles. The molecule has 2 heteroatoms. The van der Waals surface area contributed by atoms with Gasteiger partial charge in [-0.05, 0) is 20.8 Å². The first kappa shape index (κ1) is 7.87. The average Bonchev–Trinajstić information content (AvgIpc) is 2.31. The summed E-state index contributed by atoms with van der Waals surface area (Å²) in [6, 6.07) is 0. The molecule has 0 amide bonds. The Bertz CT molecular complexity index is 274. The molecule has 0 aliphatic rings. The summed E-state index contributed by atoms with van der Waals surface area (Å²) in [5.74, 6) is 4.03. The van der Waals surface area contributed by atoms with E-state index in [1.165, 1.54) is 0 Å². The lowest BCUT2D eigenvalue weighted by Gasteiger charge is -1.93. The summed E-state index contributed by atoms with van der Waals surface area (Å²) in [6.07, 6.45) is 5.21. The molecule has 1 heterocycles. The van der Waals surface area contributed by atoms with Crippen molar-refractivity contribution in [2.75, 3.05) is 0 Å². The topological polar surface area (TPSA) is 26.0 Å². The molecule has 1 rings (SSSR count). The van der Waals surface area contributed by atoms with Gasteiger partial charge in [0.2, 0.25) is 5.89 Å². The fraction of sp³-hybridized carbons (Fsp3) is 0.444. The molecule has 1 unspecified atom stereocenters. The summed E-state index contributed by atoms with van der Waals surface area (Å²) in [7, 11) is 0. The van der Waals surface area contributed by atoms with Gasteiger partial charge in [0.05, 0.1) is 11.6 Å². The Morgan fingerprint density at radius 2 is 2.18 bits per heavy atom. The minimum Gasteiger partial charge on any atom is -0.444 e. The van der Waals surface area contributed by atoms with E-state index in [0.717, 1.165) is 11.5 Å². The molecule has 0 spiro atoms. The highest BCUT2D eigenvalue weighted by Crippen LogP contribution is 2.16. The zero-order valence-electron chi connectivity index (χ0n) is 7.01. The maximum atomic E-state index is 5.31. The Morgan fingerprint density at radius 1 is 1.55 bits per heavy atom. The van der Waals surface area contributed by atoms with Gasteiger partial charge in [-0.2, -0.15) is 0 Å². The summed E-state index contributed by atoms with van der Waals surface area (Å²) in [5, 5.41) is 0. The SMILES string of the molecule is C#CC(C)c1nc(C)c(C)o1. The molecule has 11 heavy (non-hydrogen) atoms. The Balaban J connectivity index is 2.99. The molecule has 0 N–H and O–H groups in total. The number of nitrogens with zero attached hydrogens (tertiary/aromatic N) is 1. The standard InChI is InChI=1S/C9H11NO/c1-5-6(2)9-10-7(3)8(4)11-9/h1,6H,2-4H3. The van der Waals surface area contributed by atoms with E-state index in [1.807, 2.05) is 20.8 Å². The number of hydrogen-bond acceptors (Lipinski definition) is 2. The quantitative estimate of drug-likeness (QED) is 0.571. The minimum atomic E-state index is -0.0256. The Morgan fingerprint density at radius 3 is 2.55 bits per heavy atom. The lowest BCUT2D eigenvalue weighted by atomic mass is 10.2. The van der Waals surface area contributed by atoms with Crippen LogP contribution in [0.25, 0.3) is 0 Å². The normalized spacial score (nSPS) is 12.5. The van der Waals surface area contributed by atoms with Gasteiger partial charge in [-0.25, -0.2) is 4.98 Å². The van der Waals surface area contributed by atoms with Crippen LogP contribution in [-0.2, 0) is 0 Å². The highest BCUT2D eigenvalue weighted by molar-refractivity contribution is 5.13. The molecule has 0 bridgehead atoms. The lowest BCUT2D eigenvalue weighted by molar-refractivity contribution is 0.464. The van der Waals surface area contributed by atoms with Gasteiger partial charge >= 0.3 is 0 Å². The lowest BCUT2D eigenvalue weighted by Crippen LogP contribution is -1.88. The van der Waals surface area contributed by atoms with E-state index in [9.17, 15) is 0 Å². The largest absolute Gasteiger partial charge is 0.444 e. The molecule has 2 nitrogen and oxygen atoms in total. The van der Waals surface area contributed by atoms with Gasteiger partial charge in [-0.15, -0.1) is 6.42 Å². The van der Waals surface area contributed by atoms with Crippen molar-refractivity contribution in [3.8, 4) is 12.3 Å². The van der Waals surface area contributed by atoms with E-state index in [-0.39, 0.29) is 5.92 Å². The molecule has 0 aromatic carbocycles. The summed E-state index contributed by atoms with van der Waals surface area (Å²) in [4.78, 5) is 4.17. The molecule has 0 aliphatic carbocycles. The van der Waals surface area contributed by atoms with Gasteiger partial charge in [0.15, 0.2) is 0 Å². The van der Waals surface area contributed by atoms with Crippen LogP contribution in [0.3, 0.4) is 0 Å². The fourth-order valence-corrected chi connectivity index (χ4v) is 0.754. The van der Waals surface area contributed by atoms with Crippen molar-refractivity contribution in [1.29, 1.82) is 0 Å². The molecule has 0 radical (unpaired) electrons. The van der Waals surface area contributed by atoms with Crippen molar-refractivity contribution in [3.05, 3.63) is 17.3 Å². The summed E-state index contributed by atoms with van der Waals surface area (Å²) in [5.41, 5.74) is 0.919. The second-order valence-electron chi connectivity index (χ2n) is 2.58. The van der Waals surface area contributed by atoms with E-state index >= 15 is 0 Å². The van der Waals surface area contributed by atoms with Gasteiger partial charge in [0.1, 0.15) is 5.76 Å². The third-order valence-electron chi connectivity index (χ3n) is 1.67. The van der Waals surface area contributed by atoms with Crippen LogP contribution in [0.1, 0.15) is 30.2 Å². The zero-order chi connectivity index (χ0) is 8.43. The Hall–Kier alpha value is -1.23. The van der Waals surface area contributed by atoms with Gasteiger partial charge < -0.3 is 4.42 Å². The third kappa shape index (κ3) is 1.43. The van der Waals surface area contributed by atoms with Crippen molar-refractivity contribution in [1.82, 2.24) is 4.98 Å². The number of hydrogen-bond donors (Lipinski definition) is 0. The zero-order valence-corrected chi connectivity index (χ0v) is 7.01. The van der Waals surface area contributed by atoms with E-state index in [0.29, 0.717) is 5.89 Å². The van der Waals surface area contributed by atoms with Gasteiger partial charge in [0.25, 0.3) is 0 Å². The fourth-order valence-electron chi connectivity index (χ4n) is 0.754. The number of oxazole rings is 1. The maximum Gasteiger partial charge on any atom is 0.209 e. The number of rotatable bonds is 1. The molecule has 58 valence electrons. The molecule has 1 aromatic rings.